The van der Waals surface area contributed by atoms with E-state index in [1.165, 1.54) is 6.42 Å². The van der Waals surface area contributed by atoms with Crippen LogP contribution >= 0.6 is 11.8 Å². The summed E-state index contributed by atoms with van der Waals surface area (Å²) >= 11 is 1.77. The fraction of sp³-hybridized carbons (Fsp3) is 0.909. The SMILES string of the molecule is CS(=O)CCN=C1NC(C(C)(C)C)CCS1. The van der Waals surface area contributed by atoms with Crippen LogP contribution in [0.2, 0.25) is 0 Å². The molecule has 0 saturated carbocycles. The highest BCUT2D eigenvalue weighted by Crippen LogP contribution is 2.27. The van der Waals surface area contributed by atoms with Crippen molar-refractivity contribution in [3.05, 3.63) is 0 Å². The van der Waals surface area contributed by atoms with Gasteiger partial charge in [-0.3, -0.25) is 9.20 Å². The van der Waals surface area contributed by atoms with Crippen molar-refractivity contribution in [1.82, 2.24) is 5.32 Å². The van der Waals surface area contributed by atoms with Crippen LogP contribution in [-0.2, 0) is 10.8 Å². The third-order valence-corrected chi connectivity index (χ3v) is 4.34. The van der Waals surface area contributed by atoms with E-state index in [1.54, 1.807) is 18.0 Å². The Morgan fingerprint density at radius 1 is 1.56 bits per heavy atom. The molecule has 0 aliphatic carbocycles. The van der Waals surface area contributed by atoms with Crippen LogP contribution in [0.3, 0.4) is 0 Å². The Kier molecular flexibility index (Phi) is 5.31. The number of nitrogens with zero attached hydrogens (tertiary/aromatic N) is 1. The third-order valence-electron chi connectivity index (χ3n) is 2.62. The van der Waals surface area contributed by atoms with Crippen molar-refractivity contribution in [3.63, 3.8) is 0 Å². The van der Waals surface area contributed by atoms with Gasteiger partial charge in [0.05, 0.1) is 6.54 Å². The van der Waals surface area contributed by atoms with Gasteiger partial charge in [-0.05, 0) is 11.8 Å². The summed E-state index contributed by atoms with van der Waals surface area (Å²) in [6, 6.07) is 0.500. The molecule has 94 valence electrons. The molecule has 1 heterocycles. The lowest BCUT2D eigenvalue weighted by Gasteiger charge is -2.35. The van der Waals surface area contributed by atoms with Gasteiger partial charge in [0.1, 0.15) is 0 Å². The number of amidine groups is 1. The minimum atomic E-state index is -0.740. The van der Waals surface area contributed by atoms with E-state index in [4.69, 9.17) is 0 Å². The molecule has 1 rings (SSSR count). The Balaban J connectivity index is 2.47. The molecule has 16 heavy (non-hydrogen) atoms. The Labute approximate surface area is 105 Å². The summed E-state index contributed by atoms with van der Waals surface area (Å²) in [4.78, 5) is 4.46. The number of thioether (sulfide) groups is 1. The highest BCUT2D eigenvalue weighted by atomic mass is 32.2. The van der Waals surface area contributed by atoms with Crippen LogP contribution in [-0.4, -0.2) is 39.7 Å². The van der Waals surface area contributed by atoms with Crippen molar-refractivity contribution in [3.8, 4) is 0 Å². The zero-order valence-electron chi connectivity index (χ0n) is 10.6. The van der Waals surface area contributed by atoms with E-state index in [-0.39, 0.29) is 5.41 Å². The molecule has 0 amide bonds. The van der Waals surface area contributed by atoms with Crippen molar-refractivity contribution in [2.24, 2.45) is 10.4 Å². The van der Waals surface area contributed by atoms with Gasteiger partial charge in [0, 0.05) is 34.6 Å². The molecule has 1 saturated heterocycles. The van der Waals surface area contributed by atoms with E-state index in [2.05, 4.69) is 31.1 Å². The van der Waals surface area contributed by atoms with E-state index in [0.29, 0.717) is 18.3 Å². The predicted molar refractivity (Wildman–Crippen MR) is 74.7 cm³/mol. The first-order valence-electron chi connectivity index (χ1n) is 5.63. The van der Waals surface area contributed by atoms with Crippen molar-refractivity contribution in [2.45, 2.75) is 33.2 Å². The largest absolute Gasteiger partial charge is 0.362 e. The van der Waals surface area contributed by atoms with E-state index in [0.717, 1.165) is 10.9 Å². The first-order chi connectivity index (χ1) is 7.39. The van der Waals surface area contributed by atoms with Gasteiger partial charge in [0.2, 0.25) is 0 Å². The van der Waals surface area contributed by atoms with E-state index in [9.17, 15) is 4.21 Å². The van der Waals surface area contributed by atoms with Gasteiger partial charge in [-0.25, -0.2) is 0 Å². The third kappa shape index (κ3) is 4.87. The monoisotopic (exact) mass is 262 g/mol. The van der Waals surface area contributed by atoms with Crippen molar-refractivity contribution >= 4 is 27.7 Å². The van der Waals surface area contributed by atoms with Crippen LogP contribution in [0.5, 0.6) is 0 Å². The second kappa shape index (κ2) is 6.05. The number of hydrogen-bond acceptors (Lipinski definition) is 3. The summed E-state index contributed by atoms with van der Waals surface area (Å²) in [7, 11) is -0.740. The van der Waals surface area contributed by atoms with Crippen LogP contribution in [0.4, 0.5) is 0 Å². The number of hydrogen-bond donors (Lipinski definition) is 1. The summed E-state index contributed by atoms with van der Waals surface area (Å²) in [5.41, 5.74) is 0.273. The van der Waals surface area contributed by atoms with Gasteiger partial charge in [0.15, 0.2) is 5.17 Å². The summed E-state index contributed by atoms with van der Waals surface area (Å²) in [5.74, 6) is 1.79. The number of aliphatic imine (C=N–C) groups is 1. The fourth-order valence-electron chi connectivity index (χ4n) is 1.55. The molecule has 2 unspecified atom stereocenters. The fourth-order valence-corrected chi connectivity index (χ4v) is 2.86. The normalized spacial score (nSPS) is 26.5. The summed E-state index contributed by atoms with van der Waals surface area (Å²) in [6.07, 6.45) is 2.91. The van der Waals surface area contributed by atoms with Crippen molar-refractivity contribution in [2.75, 3.05) is 24.3 Å². The highest BCUT2D eigenvalue weighted by molar-refractivity contribution is 8.13. The average molecular weight is 262 g/mol. The molecule has 0 radical (unpaired) electrons. The molecular formula is C11H22N2OS2. The maximum absolute atomic E-state index is 10.9. The first kappa shape index (κ1) is 14.0. The Bertz CT molecular complexity index is 284. The van der Waals surface area contributed by atoms with Crippen LogP contribution in [0.25, 0.3) is 0 Å². The topological polar surface area (TPSA) is 41.5 Å². The predicted octanol–water partition coefficient (Wildman–Crippen LogP) is 1.86. The standard InChI is InChI=1S/C11H22N2OS2/c1-11(2,3)9-5-7-15-10(13-9)12-6-8-16(4)14/h9H,5-8H2,1-4H3,(H,12,13). The molecular weight excluding hydrogens is 240 g/mol. The Morgan fingerprint density at radius 2 is 2.25 bits per heavy atom. The number of rotatable bonds is 3. The van der Waals surface area contributed by atoms with E-state index in [1.807, 2.05) is 0 Å². The van der Waals surface area contributed by atoms with E-state index >= 15 is 0 Å². The van der Waals surface area contributed by atoms with Crippen LogP contribution in [0, 0.1) is 5.41 Å². The second-order valence-corrected chi connectivity index (χ2v) is 7.80. The molecule has 2 atom stereocenters. The minimum Gasteiger partial charge on any atom is -0.362 e. The van der Waals surface area contributed by atoms with Crippen molar-refractivity contribution < 1.29 is 4.21 Å². The molecule has 1 aliphatic rings. The number of nitrogens with one attached hydrogen (secondary N) is 1. The zero-order valence-corrected chi connectivity index (χ0v) is 12.2. The lowest BCUT2D eigenvalue weighted by Crippen LogP contribution is -2.46. The van der Waals surface area contributed by atoms with E-state index < -0.39 is 10.8 Å². The Morgan fingerprint density at radius 3 is 2.81 bits per heavy atom. The molecule has 0 spiro atoms. The van der Waals surface area contributed by atoms with Gasteiger partial charge in [-0.1, -0.05) is 32.5 Å². The molecule has 0 aromatic carbocycles. The molecule has 5 heteroatoms. The minimum absolute atomic E-state index is 0.273. The molecule has 0 bridgehead atoms. The molecule has 0 aromatic rings. The molecule has 1 N–H and O–H groups in total. The van der Waals surface area contributed by atoms with Gasteiger partial charge in [0.25, 0.3) is 0 Å². The molecule has 1 fully saturated rings. The van der Waals surface area contributed by atoms with Crippen LogP contribution in [0.15, 0.2) is 4.99 Å². The van der Waals surface area contributed by atoms with Crippen LogP contribution in [0.1, 0.15) is 27.2 Å². The lowest BCUT2D eigenvalue weighted by molar-refractivity contribution is 0.290. The first-order valence-corrected chi connectivity index (χ1v) is 8.34. The lowest BCUT2D eigenvalue weighted by atomic mass is 9.85. The summed E-state index contributed by atoms with van der Waals surface area (Å²) in [5, 5.41) is 4.51. The summed E-state index contributed by atoms with van der Waals surface area (Å²) in [6.45, 7) is 7.41. The maximum atomic E-state index is 10.9. The van der Waals surface area contributed by atoms with Gasteiger partial charge in [-0.2, -0.15) is 0 Å². The molecule has 1 aliphatic heterocycles. The smallest absolute Gasteiger partial charge is 0.156 e. The summed E-state index contributed by atoms with van der Waals surface area (Å²) < 4.78 is 10.9. The maximum Gasteiger partial charge on any atom is 0.156 e. The van der Waals surface area contributed by atoms with Crippen molar-refractivity contribution in [1.29, 1.82) is 0 Å². The highest BCUT2D eigenvalue weighted by Gasteiger charge is 2.28. The van der Waals surface area contributed by atoms with Crippen LogP contribution < -0.4 is 5.32 Å². The van der Waals surface area contributed by atoms with Gasteiger partial charge >= 0.3 is 0 Å². The van der Waals surface area contributed by atoms with Gasteiger partial charge in [-0.15, -0.1) is 0 Å². The quantitative estimate of drug-likeness (QED) is 0.844. The second-order valence-electron chi connectivity index (χ2n) is 5.16. The Hall–Kier alpha value is -0.0300. The zero-order chi connectivity index (χ0) is 12.2. The molecule has 0 aromatic heterocycles. The average Bonchev–Trinajstić information content (AvgIpc) is 2.16. The van der Waals surface area contributed by atoms with Gasteiger partial charge < -0.3 is 5.32 Å². The molecule has 3 nitrogen and oxygen atoms in total.